The molecule has 0 saturated carbocycles. The van der Waals surface area contributed by atoms with E-state index in [4.69, 9.17) is 5.11 Å². The van der Waals surface area contributed by atoms with Crippen molar-refractivity contribution in [1.29, 1.82) is 0 Å². The van der Waals surface area contributed by atoms with Crippen LogP contribution in [0.15, 0.2) is 36.4 Å². The predicted molar refractivity (Wildman–Crippen MR) is 78.1 cm³/mol. The first-order valence-electron chi connectivity index (χ1n) is 6.49. The Morgan fingerprint density at radius 2 is 2.00 bits per heavy atom. The smallest absolute Gasteiger partial charge is 0.335 e. The first-order valence-corrected chi connectivity index (χ1v) is 6.49. The molecule has 108 valence electrons. The first kappa shape index (κ1) is 12.5. The van der Waals surface area contributed by atoms with Crippen molar-refractivity contribution in [2.75, 3.05) is 0 Å². The van der Waals surface area contributed by atoms with Crippen LogP contribution < -0.4 is 0 Å². The minimum Gasteiger partial charge on any atom is -0.478 e. The first-order chi connectivity index (χ1) is 10.6. The van der Waals surface area contributed by atoms with Crippen molar-refractivity contribution >= 4 is 27.9 Å². The fourth-order valence-electron chi connectivity index (χ4n) is 2.42. The molecule has 2 heterocycles. The van der Waals surface area contributed by atoms with Gasteiger partial charge in [-0.1, -0.05) is 0 Å². The van der Waals surface area contributed by atoms with Crippen molar-refractivity contribution in [3.8, 4) is 11.5 Å². The van der Waals surface area contributed by atoms with Crippen LogP contribution >= 0.6 is 0 Å². The average molecular weight is 296 g/mol. The largest absolute Gasteiger partial charge is 0.478 e. The highest BCUT2D eigenvalue weighted by Crippen LogP contribution is 2.27. The minimum absolute atomic E-state index is 0.164. The summed E-state index contributed by atoms with van der Waals surface area (Å²) in [6.07, 6.45) is 0. The molecule has 0 fully saturated rings. The van der Waals surface area contributed by atoms with E-state index in [9.17, 15) is 9.18 Å². The van der Waals surface area contributed by atoms with Gasteiger partial charge in [0.25, 0.3) is 0 Å². The Kier molecular flexibility index (Phi) is 2.50. The Morgan fingerprint density at radius 3 is 2.82 bits per heavy atom. The maximum Gasteiger partial charge on any atom is 0.335 e. The molecule has 0 unspecified atom stereocenters. The predicted octanol–water partition coefficient (Wildman–Crippen LogP) is 2.94. The monoisotopic (exact) mass is 296 g/mol. The summed E-state index contributed by atoms with van der Waals surface area (Å²) in [6, 6.07) is 8.94. The maximum absolute atomic E-state index is 13.2. The molecular formula is C15H9FN4O2. The van der Waals surface area contributed by atoms with Gasteiger partial charge in [-0.05, 0) is 36.4 Å². The van der Waals surface area contributed by atoms with Gasteiger partial charge in [-0.25, -0.2) is 14.2 Å². The number of nitrogens with one attached hydrogen (secondary N) is 2. The second kappa shape index (κ2) is 4.39. The van der Waals surface area contributed by atoms with E-state index in [1.54, 1.807) is 12.1 Å². The van der Waals surface area contributed by atoms with Crippen molar-refractivity contribution in [1.82, 2.24) is 20.2 Å². The number of hydrogen-bond donors (Lipinski definition) is 3. The van der Waals surface area contributed by atoms with Gasteiger partial charge in [0.1, 0.15) is 11.5 Å². The zero-order chi connectivity index (χ0) is 15.3. The SMILES string of the molecule is O=C(O)c1ccc2[nH]nc(-c3nc4ccc(F)cc4[nH]3)c2c1. The van der Waals surface area contributed by atoms with E-state index in [1.807, 2.05) is 0 Å². The summed E-state index contributed by atoms with van der Waals surface area (Å²) in [4.78, 5) is 18.5. The normalized spacial score (nSPS) is 11.3. The Bertz CT molecular complexity index is 1030. The number of carbonyl (C=O) groups is 1. The number of aromatic nitrogens is 4. The number of imidazole rings is 1. The molecule has 0 amide bonds. The second-order valence-corrected chi connectivity index (χ2v) is 4.88. The highest BCUT2D eigenvalue weighted by Gasteiger charge is 2.14. The van der Waals surface area contributed by atoms with E-state index in [-0.39, 0.29) is 11.4 Å². The molecule has 4 aromatic rings. The Balaban J connectivity index is 1.95. The van der Waals surface area contributed by atoms with Crippen molar-refractivity contribution in [3.05, 3.63) is 47.8 Å². The standard InChI is InChI=1S/C15H9FN4O2/c16-8-2-4-11-12(6-8)18-14(17-11)13-9-5-7(15(21)22)1-3-10(9)19-20-13/h1-6H,(H,17,18)(H,19,20)(H,21,22). The summed E-state index contributed by atoms with van der Waals surface area (Å²) >= 11 is 0. The van der Waals surface area contributed by atoms with Crippen LogP contribution in [0.25, 0.3) is 33.5 Å². The summed E-state index contributed by atoms with van der Waals surface area (Å²) in [5, 5.41) is 16.7. The lowest BCUT2D eigenvalue weighted by atomic mass is 10.1. The quantitative estimate of drug-likeness (QED) is 0.530. The van der Waals surface area contributed by atoms with E-state index in [2.05, 4.69) is 20.2 Å². The van der Waals surface area contributed by atoms with E-state index >= 15 is 0 Å². The van der Waals surface area contributed by atoms with Crippen LogP contribution in [0.3, 0.4) is 0 Å². The van der Waals surface area contributed by atoms with Crippen LogP contribution in [0, 0.1) is 5.82 Å². The highest BCUT2D eigenvalue weighted by atomic mass is 19.1. The molecular weight excluding hydrogens is 287 g/mol. The molecule has 7 heteroatoms. The zero-order valence-corrected chi connectivity index (χ0v) is 11.1. The second-order valence-electron chi connectivity index (χ2n) is 4.88. The van der Waals surface area contributed by atoms with Gasteiger partial charge < -0.3 is 10.1 Å². The number of rotatable bonds is 2. The summed E-state index contributed by atoms with van der Waals surface area (Å²) in [6.45, 7) is 0. The molecule has 2 aromatic carbocycles. The Hall–Kier alpha value is -3.22. The van der Waals surface area contributed by atoms with Crippen LogP contribution in [-0.2, 0) is 0 Å². The van der Waals surface area contributed by atoms with E-state index in [0.29, 0.717) is 33.5 Å². The highest BCUT2D eigenvalue weighted by molar-refractivity contribution is 5.98. The number of aromatic amines is 2. The third-order valence-corrected chi connectivity index (χ3v) is 3.48. The molecule has 6 nitrogen and oxygen atoms in total. The number of halogens is 1. The van der Waals surface area contributed by atoms with Crippen molar-refractivity contribution in [2.24, 2.45) is 0 Å². The van der Waals surface area contributed by atoms with Crippen molar-refractivity contribution in [2.45, 2.75) is 0 Å². The number of aromatic carboxylic acids is 1. The maximum atomic E-state index is 13.2. The number of carboxylic acids is 1. The van der Waals surface area contributed by atoms with Gasteiger partial charge in [-0.2, -0.15) is 5.10 Å². The van der Waals surface area contributed by atoms with Gasteiger partial charge in [0.05, 0.1) is 22.1 Å². The van der Waals surface area contributed by atoms with Gasteiger partial charge in [-0.15, -0.1) is 0 Å². The summed E-state index contributed by atoms with van der Waals surface area (Å²) in [5.41, 5.74) is 2.53. The molecule has 0 aliphatic carbocycles. The van der Waals surface area contributed by atoms with Gasteiger partial charge in [0, 0.05) is 5.39 Å². The molecule has 0 radical (unpaired) electrons. The van der Waals surface area contributed by atoms with Crippen LogP contribution in [0.5, 0.6) is 0 Å². The molecule has 22 heavy (non-hydrogen) atoms. The molecule has 0 saturated heterocycles. The number of nitrogens with zero attached hydrogens (tertiary/aromatic N) is 2. The molecule has 0 spiro atoms. The molecule has 0 bridgehead atoms. The lowest BCUT2D eigenvalue weighted by Crippen LogP contribution is -1.95. The molecule has 3 N–H and O–H groups in total. The number of fused-ring (bicyclic) bond motifs is 2. The molecule has 0 aliphatic heterocycles. The third-order valence-electron chi connectivity index (χ3n) is 3.48. The van der Waals surface area contributed by atoms with E-state index in [1.165, 1.54) is 24.3 Å². The average Bonchev–Trinajstić information content (AvgIpc) is 3.08. The summed E-state index contributed by atoms with van der Waals surface area (Å²) in [5.74, 6) is -0.919. The van der Waals surface area contributed by atoms with Crippen molar-refractivity contribution < 1.29 is 14.3 Å². The van der Waals surface area contributed by atoms with Crippen molar-refractivity contribution in [3.63, 3.8) is 0 Å². The lowest BCUT2D eigenvalue weighted by Gasteiger charge is -1.96. The summed E-state index contributed by atoms with van der Waals surface area (Å²) in [7, 11) is 0. The number of carboxylic acid groups (broad SMARTS) is 1. The fraction of sp³-hybridized carbons (Fsp3) is 0. The molecule has 4 rings (SSSR count). The van der Waals surface area contributed by atoms with Crippen LogP contribution in [0.1, 0.15) is 10.4 Å². The Morgan fingerprint density at radius 1 is 1.14 bits per heavy atom. The van der Waals surface area contributed by atoms with Gasteiger partial charge in [-0.3, -0.25) is 5.10 Å². The lowest BCUT2D eigenvalue weighted by molar-refractivity contribution is 0.0697. The fourth-order valence-corrected chi connectivity index (χ4v) is 2.42. The van der Waals surface area contributed by atoms with Gasteiger partial charge in [0.15, 0.2) is 5.82 Å². The number of H-pyrrole nitrogens is 2. The number of benzene rings is 2. The van der Waals surface area contributed by atoms with Gasteiger partial charge >= 0.3 is 5.97 Å². The minimum atomic E-state index is -1.01. The molecule has 0 atom stereocenters. The van der Waals surface area contributed by atoms with E-state index in [0.717, 1.165) is 0 Å². The number of hydrogen-bond acceptors (Lipinski definition) is 3. The molecule has 2 aromatic heterocycles. The van der Waals surface area contributed by atoms with Gasteiger partial charge in [0.2, 0.25) is 0 Å². The molecule has 0 aliphatic rings. The van der Waals surface area contributed by atoms with E-state index < -0.39 is 5.97 Å². The summed E-state index contributed by atoms with van der Waals surface area (Å²) < 4.78 is 13.2. The van der Waals surface area contributed by atoms with Crippen LogP contribution in [-0.4, -0.2) is 31.2 Å². The van der Waals surface area contributed by atoms with Crippen LogP contribution in [0.2, 0.25) is 0 Å². The topological polar surface area (TPSA) is 94.7 Å². The van der Waals surface area contributed by atoms with Crippen LogP contribution in [0.4, 0.5) is 4.39 Å². The zero-order valence-electron chi connectivity index (χ0n) is 11.1. The Labute approximate surface area is 122 Å². The third kappa shape index (κ3) is 1.83.